The van der Waals surface area contributed by atoms with Crippen LogP contribution in [0.2, 0.25) is 0 Å². The van der Waals surface area contributed by atoms with Gasteiger partial charge in [-0.2, -0.15) is 0 Å². The molecule has 4 aromatic rings. The lowest BCUT2D eigenvalue weighted by atomic mass is 10.1. The van der Waals surface area contributed by atoms with E-state index in [2.05, 4.69) is 20.9 Å². The number of aromatic hydroxyl groups is 1. The van der Waals surface area contributed by atoms with E-state index < -0.39 is 12.1 Å². The molecule has 7 heteroatoms. The van der Waals surface area contributed by atoms with Gasteiger partial charge >= 0.3 is 5.97 Å². The number of carbonyl (C=O) groups is 1. The molecule has 0 aliphatic carbocycles. The highest BCUT2D eigenvalue weighted by Crippen LogP contribution is 2.37. The van der Waals surface area contributed by atoms with Gasteiger partial charge in [-0.15, -0.1) is 0 Å². The first-order chi connectivity index (χ1) is 13.5. The fraction of sp³-hybridized carbons (Fsp3) is 0.0476. The standard InChI is InChI=1S/C21H14BrNO5/c22-13-5-3-4-12(10-13)19(21(25)26)27-17-9-8-14(24)11-15(17)20-23-16-6-1-2-7-18(16)28-20/h1-11,19,24H,(H,25,26). The number of hydrogen-bond acceptors (Lipinski definition) is 5. The van der Waals surface area contributed by atoms with Crippen LogP contribution in [0.4, 0.5) is 0 Å². The normalized spacial score (nSPS) is 12.0. The van der Waals surface area contributed by atoms with Crippen molar-refractivity contribution in [1.29, 1.82) is 0 Å². The molecular formula is C21H14BrNO5. The largest absolute Gasteiger partial charge is 0.508 e. The number of nitrogens with zero attached hydrogens (tertiary/aromatic N) is 1. The Morgan fingerprint density at radius 2 is 1.89 bits per heavy atom. The van der Waals surface area contributed by atoms with E-state index in [-0.39, 0.29) is 17.4 Å². The molecule has 0 bridgehead atoms. The highest BCUT2D eigenvalue weighted by molar-refractivity contribution is 9.10. The van der Waals surface area contributed by atoms with Crippen molar-refractivity contribution in [3.63, 3.8) is 0 Å². The molecule has 28 heavy (non-hydrogen) atoms. The van der Waals surface area contributed by atoms with Crippen molar-refractivity contribution in [2.75, 3.05) is 0 Å². The van der Waals surface area contributed by atoms with E-state index in [1.165, 1.54) is 18.2 Å². The number of carboxylic acids is 1. The summed E-state index contributed by atoms with van der Waals surface area (Å²) >= 11 is 3.34. The first kappa shape index (κ1) is 18.1. The maximum Gasteiger partial charge on any atom is 0.349 e. The highest BCUT2D eigenvalue weighted by atomic mass is 79.9. The van der Waals surface area contributed by atoms with Crippen LogP contribution in [0.3, 0.4) is 0 Å². The highest BCUT2D eigenvalue weighted by Gasteiger charge is 2.25. The zero-order valence-electron chi connectivity index (χ0n) is 14.4. The predicted octanol–water partition coefficient (Wildman–Crippen LogP) is 5.17. The van der Waals surface area contributed by atoms with E-state index in [1.807, 2.05) is 12.1 Å². The summed E-state index contributed by atoms with van der Waals surface area (Å²) in [7, 11) is 0. The molecule has 0 radical (unpaired) electrons. The SMILES string of the molecule is O=C(O)C(Oc1ccc(O)cc1-c1nc2ccccc2o1)c1cccc(Br)c1. The summed E-state index contributed by atoms with van der Waals surface area (Å²) in [5.74, 6) is -0.698. The number of fused-ring (bicyclic) bond motifs is 1. The number of para-hydroxylation sites is 2. The molecule has 1 heterocycles. The van der Waals surface area contributed by atoms with Gasteiger partial charge in [0, 0.05) is 10.0 Å². The van der Waals surface area contributed by atoms with Gasteiger partial charge < -0.3 is 19.4 Å². The number of aromatic nitrogens is 1. The van der Waals surface area contributed by atoms with Crippen molar-refractivity contribution in [1.82, 2.24) is 4.98 Å². The molecule has 3 aromatic carbocycles. The van der Waals surface area contributed by atoms with Crippen molar-refractivity contribution in [3.05, 3.63) is 76.8 Å². The van der Waals surface area contributed by atoms with Crippen LogP contribution in [-0.2, 0) is 4.79 Å². The fourth-order valence-electron chi connectivity index (χ4n) is 2.83. The number of rotatable bonds is 5. The zero-order chi connectivity index (χ0) is 19.7. The molecule has 4 rings (SSSR count). The number of aliphatic carboxylic acids is 1. The van der Waals surface area contributed by atoms with E-state index in [4.69, 9.17) is 9.15 Å². The molecular weight excluding hydrogens is 426 g/mol. The third kappa shape index (κ3) is 3.57. The number of ether oxygens (including phenoxy) is 1. The first-order valence-corrected chi connectivity index (χ1v) is 9.14. The molecule has 0 spiro atoms. The van der Waals surface area contributed by atoms with Crippen LogP contribution in [0.25, 0.3) is 22.6 Å². The molecule has 1 atom stereocenters. The van der Waals surface area contributed by atoms with E-state index >= 15 is 0 Å². The molecule has 6 nitrogen and oxygen atoms in total. The van der Waals surface area contributed by atoms with Crippen molar-refractivity contribution >= 4 is 33.0 Å². The number of benzene rings is 3. The minimum absolute atomic E-state index is 0.0149. The predicted molar refractivity (Wildman–Crippen MR) is 106 cm³/mol. The maximum atomic E-state index is 11.8. The van der Waals surface area contributed by atoms with Crippen molar-refractivity contribution in [3.8, 4) is 23.0 Å². The minimum Gasteiger partial charge on any atom is -0.508 e. The Morgan fingerprint density at radius 3 is 2.64 bits per heavy atom. The van der Waals surface area contributed by atoms with Crippen LogP contribution in [0, 0.1) is 0 Å². The summed E-state index contributed by atoms with van der Waals surface area (Å²) in [5.41, 5.74) is 2.05. The summed E-state index contributed by atoms with van der Waals surface area (Å²) in [6, 6.07) is 18.5. The second kappa shape index (κ2) is 7.36. The number of halogens is 1. The van der Waals surface area contributed by atoms with Gasteiger partial charge in [0.25, 0.3) is 0 Å². The monoisotopic (exact) mass is 439 g/mol. The van der Waals surface area contributed by atoms with Gasteiger partial charge in [0.05, 0.1) is 5.56 Å². The number of hydrogen-bond donors (Lipinski definition) is 2. The van der Waals surface area contributed by atoms with E-state index in [0.29, 0.717) is 22.2 Å². The molecule has 0 amide bonds. The van der Waals surface area contributed by atoms with Crippen LogP contribution in [-0.4, -0.2) is 21.2 Å². The number of carboxylic acid groups (broad SMARTS) is 1. The quantitative estimate of drug-likeness (QED) is 0.445. The van der Waals surface area contributed by atoms with E-state index in [0.717, 1.165) is 4.47 Å². The Morgan fingerprint density at radius 1 is 1.07 bits per heavy atom. The summed E-state index contributed by atoms with van der Waals surface area (Å²) < 4.78 is 12.3. The van der Waals surface area contributed by atoms with Crippen LogP contribution in [0.1, 0.15) is 11.7 Å². The smallest absolute Gasteiger partial charge is 0.349 e. The lowest BCUT2D eigenvalue weighted by Gasteiger charge is -2.17. The van der Waals surface area contributed by atoms with E-state index in [1.54, 1.807) is 36.4 Å². The third-order valence-corrected chi connectivity index (χ3v) is 4.60. The Labute approximate surface area is 168 Å². The van der Waals surface area contributed by atoms with Gasteiger partial charge in [-0.25, -0.2) is 9.78 Å². The van der Waals surface area contributed by atoms with Crippen LogP contribution in [0.15, 0.2) is 75.6 Å². The summed E-state index contributed by atoms with van der Waals surface area (Å²) in [6.07, 6.45) is -1.25. The second-order valence-electron chi connectivity index (χ2n) is 6.06. The summed E-state index contributed by atoms with van der Waals surface area (Å²) in [6.45, 7) is 0. The molecule has 0 saturated carbocycles. The molecule has 0 aliphatic heterocycles. The van der Waals surface area contributed by atoms with Crippen LogP contribution >= 0.6 is 15.9 Å². The number of phenolic OH excluding ortho intramolecular Hbond substituents is 1. The Hall–Kier alpha value is -3.32. The number of phenols is 1. The lowest BCUT2D eigenvalue weighted by molar-refractivity contribution is -0.145. The Kier molecular flexibility index (Phi) is 4.75. The number of oxazole rings is 1. The summed E-state index contributed by atoms with van der Waals surface area (Å²) in [5, 5.41) is 19.6. The zero-order valence-corrected chi connectivity index (χ0v) is 16.0. The van der Waals surface area contributed by atoms with Gasteiger partial charge in [0.15, 0.2) is 5.58 Å². The van der Waals surface area contributed by atoms with Gasteiger partial charge in [0.2, 0.25) is 12.0 Å². The molecule has 1 aromatic heterocycles. The molecule has 0 fully saturated rings. The van der Waals surface area contributed by atoms with Crippen molar-refractivity contribution < 1.29 is 24.2 Å². The molecule has 2 N–H and O–H groups in total. The lowest BCUT2D eigenvalue weighted by Crippen LogP contribution is -2.18. The minimum atomic E-state index is -1.25. The molecule has 140 valence electrons. The topological polar surface area (TPSA) is 92.8 Å². The fourth-order valence-corrected chi connectivity index (χ4v) is 3.25. The maximum absolute atomic E-state index is 11.8. The summed E-state index contributed by atoms with van der Waals surface area (Å²) in [4.78, 5) is 16.3. The van der Waals surface area contributed by atoms with E-state index in [9.17, 15) is 15.0 Å². The van der Waals surface area contributed by atoms with Gasteiger partial charge in [-0.3, -0.25) is 0 Å². The molecule has 1 unspecified atom stereocenters. The third-order valence-electron chi connectivity index (χ3n) is 4.11. The van der Waals surface area contributed by atoms with Gasteiger partial charge in [-0.1, -0.05) is 40.2 Å². The molecule has 0 saturated heterocycles. The second-order valence-corrected chi connectivity index (χ2v) is 6.97. The van der Waals surface area contributed by atoms with Crippen molar-refractivity contribution in [2.24, 2.45) is 0 Å². The van der Waals surface area contributed by atoms with Crippen LogP contribution in [0.5, 0.6) is 11.5 Å². The van der Waals surface area contributed by atoms with Gasteiger partial charge in [-0.05, 0) is 42.5 Å². The Balaban J connectivity index is 1.78. The van der Waals surface area contributed by atoms with Crippen LogP contribution < -0.4 is 4.74 Å². The first-order valence-electron chi connectivity index (χ1n) is 8.35. The Bertz CT molecular complexity index is 1140. The van der Waals surface area contributed by atoms with Gasteiger partial charge in [0.1, 0.15) is 17.0 Å². The average molecular weight is 440 g/mol. The molecule has 0 aliphatic rings. The average Bonchev–Trinajstić information content (AvgIpc) is 3.10. The van der Waals surface area contributed by atoms with Crippen molar-refractivity contribution in [2.45, 2.75) is 6.10 Å².